The third-order valence-electron chi connectivity index (χ3n) is 3.98. The zero-order valence-corrected chi connectivity index (χ0v) is 13.4. The van der Waals surface area contributed by atoms with Gasteiger partial charge in [-0.05, 0) is 36.8 Å². The number of ether oxygens (including phenoxy) is 1. The summed E-state index contributed by atoms with van der Waals surface area (Å²) in [5.41, 5.74) is 2.70. The summed E-state index contributed by atoms with van der Waals surface area (Å²) in [5, 5.41) is 2.90. The van der Waals surface area contributed by atoms with Gasteiger partial charge in [0.25, 0.3) is 5.91 Å². The molecule has 1 N–H and O–H groups in total. The van der Waals surface area contributed by atoms with E-state index in [9.17, 15) is 4.79 Å². The van der Waals surface area contributed by atoms with Gasteiger partial charge in [0.15, 0.2) is 0 Å². The van der Waals surface area contributed by atoms with Gasteiger partial charge in [-0.1, -0.05) is 30.3 Å². The summed E-state index contributed by atoms with van der Waals surface area (Å²) in [4.78, 5) is 14.6. The minimum atomic E-state index is -0.0808. The summed E-state index contributed by atoms with van der Waals surface area (Å²) in [6, 6.07) is 17.3. The van der Waals surface area contributed by atoms with Crippen LogP contribution in [0.15, 0.2) is 54.6 Å². The van der Waals surface area contributed by atoms with Crippen molar-refractivity contribution in [3.63, 3.8) is 0 Å². The van der Waals surface area contributed by atoms with Gasteiger partial charge in [-0.2, -0.15) is 0 Å². The van der Waals surface area contributed by atoms with Crippen molar-refractivity contribution in [1.82, 2.24) is 4.90 Å². The van der Waals surface area contributed by atoms with Crippen LogP contribution in [0.3, 0.4) is 0 Å². The molecule has 3 rings (SSSR count). The molecule has 1 aliphatic heterocycles. The SMILES string of the molecule is C[C@H]1CN(Cc2ccc(C(=O)Nc3ccccc3)cc2)CCO1. The minimum Gasteiger partial charge on any atom is -0.376 e. The zero-order chi connectivity index (χ0) is 16.1. The molecule has 2 aromatic rings. The van der Waals surface area contributed by atoms with Gasteiger partial charge in [0, 0.05) is 30.9 Å². The Morgan fingerprint density at radius 2 is 1.91 bits per heavy atom. The molecule has 1 heterocycles. The van der Waals surface area contributed by atoms with Crippen molar-refractivity contribution in [2.75, 3.05) is 25.0 Å². The predicted octanol–water partition coefficient (Wildman–Crippen LogP) is 3.16. The lowest BCUT2D eigenvalue weighted by Gasteiger charge is -2.31. The minimum absolute atomic E-state index is 0.0808. The van der Waals surface area contributed by atoms with Gasteiger partial charge in [-0.25, -0.2) is 0 Å². The van der Waals surface area contributed by atoms with Gasteiger partial charge in [-0.15, -0.1) is 0 Å². The molecule has 4 heteroatoms. The van der Waals surface area contributed by atoms with E-state index in [0.717, 1.165) is 31.9 Å². The van der Waals surface area contributed by atoms with Gasteiger partial charge in [0.2, 0.25) is 0 Å². The maximum atomic E-state index is 12.2. The first kappa shape index (κ1) is 15.7. The number of amides is 1. The largest absolute Gasteiger partial charge is 0.376 e. The molecule has 1 amide bonds. The second-order valence-electron chi connectivity index (χ2n) is 5.93. The van der Waals surface area contributed by atoms with Gasteiger partial charge in [0.1, 0.15) is 0 Å². The van der Waals surface area contributed by atoms with E-state index >= 15 is 0 Å². The lowest BCUT2D eigenvalue weighted by Crippen LogP contribution is -2.40. The van der Waals surface area contributed by atoms with Crippen molar-refractivity contribution in [3.05, 3.63) is 65.7 Å². The van der Waals surface area contributed by atoms with Crippen LogP contribution < -0.4 is 5.32 Å². The fourth-order valence-electron chi connectivity index (χ4n) is 2.78. The molecule has 0 unspecified atom stereocenters. The summed E-state index contributed by atoms with van der Waals surface area (Å²) in [5.74, 6) is -0.0808. The van der Waals surface area contributed by atoms with E-state index in [-0.39, 0.29) is 5.91 Å². The Morgan fingerprint density at radius 1 is 1.17 bits per heavy atom. The molecule has 1 aliphatic rings. The molecule has 1 atom stereocenters. The molecule has 1 fully saturated rings. The van der Waals surface area contributed by atoms with Crippen LogP contribution in [0.5, 0.6) is 0 Å². The molecule has 2 aromatic carbocycles. The Bertz CT molecular complexity index is 640. The van der Waals surface area contributed by atoms with Crippen molar-refractivity contribution >= 4 is 11.6 Å². The van der Waals surface area contributed by atoms with Crippen molar-refractivity contribution in [3.8, 4) is 0 Å². The molecule has 0 bridgehead atoms. The van der Waals surface area contributed by atoms with Gasteiger partial charge >= 0.3 is 0 Å². The maximum Gasteiger partial charge on any atom is 0.255 e. The van der Waals surface area contributed by atoms with Crippen LogP contribution in [-0.2, 0) is 11.3 Å². The highest BCUT2D eigenvalue weighted by Gasteiger charge is 2.16. The van der Waals surface area contributed by atoms with Crippen LogP contribution in [0.25, 0.3) is 0 Å². The number of carbonyl (C=O) groups is 1. The van der Waals surface area contributed by atoms with E-state index in [4.69, 9.17) is 4.74 Å². The van der Waals surface area contributed by atoms with Gasteiger partial charge in [0.05, 0.1) is 12.7 Å². The number of morpholine rings is 1. The molecular weight excluding hydrogens is 288 g/mol. The molecule has 120 valence electrons. The molecule has 0 radical (unpaired) electrons. The number of anilines is 1. The Kier molecular flexibility index (Phi) is 5.05. The van der Waals surface area contributed by atoms with Crippen LogP contribution in [0.2, 0.25) is 0 Å². The number of hydrogen-bond acceptors (Lipinski definition) is 3. The Morgan fingerprint density at radius 3 is 2.61 bits per heavy atom. The second-order valence-corrected chi connectivity index (χ2v) is 5.93. The van der Waals surface area contributed by atoms with Crippen molar-refractivity contribution < 1.29 is 9.53 Å². The number of nitrogens with zero attached hydrogens (tertiary/aromatic N) is 1. The quantitative estimate of drug-likeness (QED) is 0.943. The fraction of sp³-hybridized carbons (Fsp3) is 0.316. The highest BCUT2D eigenvalue weighted by molar-refractivity contribution is 6.04. The van der Waals surface area contributed by atoms with E-state index in [1.807, 2.05) is 54.6 Å². The average molecular weight is 310 g/mol. The second kappa shape index (κ2) is 7.40. The third kappa shape index (κ3) is 4.41. The number of para-hydroxylation sites is 1. The van der Waals surface area contributed by atoms with Crippen molar-refractivity contribution in [2.45, 2.75) is 19.6 Å². The maximum absolute atomic E-state index is 12.2. The van der Waals surface area contributed by atoms with Crippen molar-refractivity contribution in [2.24, 2.45) is 0 Å². The normalized spacial score (nSPS) is 18.6. The van der Waals surface area contributed by atoms with Crippen LogP contribution in [-0.4, -0.2) is 36.6 Å². The highest BCUT2D eigenvalue weighted by Crippen LogP contribution is 2.13. The smallest absolute Gasteiger partial charge is 0.255 e. The summed E-state index contributed by atoms with van der Waals surface area (Å²) in [7, 11) is 0. The molecule has 0 saturated carbocycles. The van der Waals surface area contributed by atoms with E-state index in [1.54, 1.807) is 0 Å². The van der Waals surface area contributed by atoms with Gasteiger partial charge < -0.3 is 10.1 Å². The lowest BCUT2D eigenvalue weighted by atomic mass is 10.1. The Hall–Kier alpha value is -2.17. The first-order valence-corrected chi connectivity index (χ1v) is 8.00. The monoisotopic (exact) mass is 310 g/mol. The summed E-state index contributed by atoms with van der Waals surface area (Å²) < 4.78 is 5.56. The molecule has 0 aliphatic carbocycles. The number of nitrogens with one attached hydrogen (secondary N) is 1. The number of hydrogen-bond donors (Lipinski definition) is 1. The van der Waals surface area contributed by atoms with E-state index in [1.165, 1.54) is 5.56 Å². The van der Waals surface area contributed by atoms with Crippen LogP contribution in [0.4, 0.5) is 5.69 Å². The zero-order valence-electron chi connectivity index (χ0n) is 13.4. The van der Waals surface area contributed by atoms with E-state index in [2.05, 4.69) is 17.1 Å². The molecule has 0 spiro atoms. The number of rotatable bonds is 4. The summed E-state index contributed by atoms with van der Waals surface area (Å²) in [6.45, 7) is 5.70. The Labute approximate surface area is 137 Å². The first-order valence-electron chi connectivity index (χ1n) is 8.00. The van der Waals surface area contributed by atoms with Crippen LogP contribution in [0, 0.1) is 0 Å². The van der Waals surface area contributed by atoms with Gasteiger partial charge in [-0.3, -0.25) is 9.69 Å². The standard InChI is InChI=1S/C19H22N2O2/c1-15-13-21(11-12-23-15)14-16-7-9-17(10-8-16)19(22)20-18-5-3-2-4-6-18/h2-10,15H,11-14H2,1H3,(H,20,22)/t15-/m0/s1. The summed E-state index contributed by atoms with van der Waals surface area (Å²) >= 11 is 0. The lowest BCUT2D eigenvalue weighted by molar-refractivity contribution is -0.0212. The molecule has 1 saturated heterocycles. The highest BCUT2D eigenvalue weighted by atomic mass is 16.5. The summed E-state index contributed by atoms with van der Waals surface area (Å²) in [6.07, 6.45) is 0.291. The van der Waals surface area contributed by atoms with E-state index in [0.29, 0.717) is 11.7 Å². The Balaban J connectivity index is 1.59. The molecule has 23 heavy (non-hydrogen) atoms. The average Bonchev–Trinajstić information content (AvgIpc) is 2.56. The molecular formula is C19H22N2O2. The van der Waals surface area contributed by atoms with Crippen LogP contribution >= 0.6 is 0 Å². The first-order chi connectivity index (χ1) is 11.2. The number of carbonyl (C=O) groups excluding carboxylic acids is 1. The topological polar surface area (TPSA) is 41.6 Å². The van der Waals surface area contributed by atoms with Crippen LogP contribution in [0.1, 0.15) is 22.8 Å². The van der Waals surface area contributed by atoms with Crippen molar-refractivity contribution in [1.29, 1.82) is 0 Å². The third-order valence-corrected chi connectivity index (χ3v) is 3.98. The fourth-order valence-corrected chi connectivity index (χ4v) is 2.78. The predicted molar refractivity (Wildman–Crippen MR) is 91.5 cm³/mol. The molecule has 0 aromatic heterocycles. The molecule has 4 nitrogen and oxygen atoms in total. The van der Waals surface area contributed by atoms with E-state index < -0.39 is 0 Å². The number of benzene rings is 2.